The minimum Gasteiger partial charge on any atom is -0.344 e. The Labute approximate surface area is 140 Å². The van der Waals surface area contributed by atoms with Crippen molar-refractivity contribution in [2.75, 3.05) is 6.61 Å². The van der Waals surface area contributed by atoms with Gasteiger partial charge in [-0.25, -0.2) is 4.18 Å². The van der Waals surface area contributed by atoms with Gasteiger partial charge in [0, 0.05) is 29.6 Å². The first-order valence-electron chi connectivity index (χ1n) is 6.68. The fraction of sp³-hybridized carbons (Fsp3) is 1.00. The molecule has 19 heavy (non-hydrogen) atoms. The van der Waals surface area contributed by atoms with Gasteiger partial charge >= 0.3 is 10.4 Å². The minimum absolute atomic E-state index is 0. The molecule has 0 saturated carbocycles. The quantitative estimate of drug-likeness (QED) is 0.326. The summed E-state index contributed by atoms with van der Waals surface area (Å²) in [5, 5.41) is 0. The van der Waals surface area contributed by atoms with Crippen molar-refractivity contribution < 1.29 is 17.2 Å². The Kier molecular flexibility index (Phi) is 22.1. The summed E-state index contributed by atoms with van der Waals surface area (Å²) in [6, 6.07) is 0. The van der Waals surface area contributed by atoms with E-state index in [1.54, 1.807) is 0 Å². The first-order chi connectivity index (χ1) is 8.06. The molecule has 0 saturated heterocycles. The molecule has 0 heterocycles. The molecule has 0 spiro atoms. The predicted octanol–water partition coefficient (Wildman–Crippen LogP) is 3.51. The zero-order valence-corrected chi connectivity index (χ0v) is 15.4. The van der Waals surface area contributed by atoms with Crippen molar-refractivity contribution in [2.24, 2.45) is 0 Å². The van der Waals surface area contributed by atoms with Gasteiger partial charge in [0.05, 0.1) is 6.61 Å². The third kappa shape index (κ3) is 24.3. The van der Waals surface area contributed by atoms with E-state index in [1.807, 2.05) is 0 Å². The summed E-state index contributed by atoms with van der Waals surface area (Å²) >= 11 is 0. The Hall–Kier alpha value is 0.830. The Balaban J connectivity index is -0.00000128. The van der Waals surface area contributed by atoms with Crippen LogP contribution in [0.4, 0.5) is 0 Å². The van der Waals surface area contributed by atoms with E-state index in [1.165, 1.54) is 44.9 Å². The maximum absolute atomic E-state index is 10.2. The van der Waals surface area contributed by atoms with Crippen molar-refractivity contribution >= 4 is 40.0 Å². The van der Waals surface area contributed by atoms with Gasteiger partial charge in [-0.3, -0.25) is 4.55 Å². The van der Waals surface area contributed by atoms with E-state index in [4.69, 9.17) is 4.55 Å². The van der Waals surface area contributed by atoms with Gasteiger partial charge in [0.15, 0.2) is 0 Å². The van der Waals surface area contributed by atoms with Crippen LogP contribution in [0.3, 0.4) is 0 Å². The van der Waals surface area contributed by atoms with Crippen molar-refractivity contribution in [3.8, 4) is 0 Å². The van der Waals surface area contributed by atoms with Gasteiger partial charge in [-0.2, -0.15) is 8.42 Å². The van der Waals surface area contributed by atoms with Gasteiger partial charge in [0.1, 0.15) is 0 Å². The maximum atomic E-state index is 10.2. The normalized spacial score (nSPS) is 10.6. The van der Waals surface area contributed by atoms with Crippen LogP contribution < -0.4 is 6.15 Å². The molecule has 0 unspecified atom stereocenters. The standard InChI is InChI=1S/C12H26O4S.H3N.Na/c1-2-3-4-5-6-7-8-9-10-11-12-16-17(13,14)15;;/h2-12H2,1H3,(H,13,14,15);1H3;. The van der Waals surface area contributed by atoms with Gasteiger partial charge < -0.3 is 6.15 Å². The molecule has 0 aromatic rings. The topological polar surface area (TPSA) is 98.6 Å². The third-order valence-corrected chi connectivity index (χ3v) is 3.19. The molecule has 0 bridgehead atoms. The molecule has 0 aliphatic carbocycles. The van der Waals surface area contributed by atoms with E-state index in [0.29, 0.717) is 6.42 Å². The molecule has 4 N–H and O–H groups in total. The van der Waals surface area contributed by atoms with Crippen molar-refractivity contribution in [3.63, 3.8) is 0 Å². The molecular formula is C12H29NNaO4S. The minimum atomic E-state index is -4.23. The van der Waals surface area contributed by atoms with E-state index in [0.717, 1.165) is 12.8 Å². The van der Waals surface area contributed by atoms with Crippen LogP contribution in [0.15, 0.2) is 0 Å². The largest absolute Gasteiger partial charge is 0.397 e. The zero-order valence-electron chi connectivity index (χ0n) is 12.6. The molecule has 0 atom stereocenters. The average molecular weight is 306 g/mol. The van der Waals surface area contributed by atoms with E-state index in [-0.39, 0.29) is 42.3 Å². The molecule has 0 rings (SSSR count). The van der Waals surface area contributed by atoms with Crippen LogP contribution in [0.25, 0.3) is 0 Å². The molecule has 0 aromatic carbocycles. The van der Waals surface area contributed by atoms with Crippen molar-refractivity contribution in [3.05, 3.63) is 0 Å². The van der Waals surface area contributed by atoms with Crippen LogP contribution in [0, 0.1) is 0 Å². The van der Waals surface area contributed by atoms with Crippen LogP contribution >= 0.6 is 0 Å². The van der Waals surface area contributed by atoms with Crippen molar-refractivity contribution in [1.82, 2.24) is 6.15 Å². The van der Waals surface area contributed by atoms with Gasteiger partial charge in [-0.15, -0.1) is 0 Å². The predicted molar refractivity (Wildman–Crippen MR) is 80.1 cm³/mol. The first kappa shape index (κ1) is 24.8. The van der Waals surface area contributed by atoms with Crippen molar-refractivity contribution in [1.29, 1.82) is 0 Å². The summed E-state index contributed by atoms with van der Waals surface area (Å²) in [7, 11) is -4.23. The second kappa shape index (κ2) is 16.9. The molecule has 0 aliphatic rings. The molecule has 0 fully saturated rings. The summed E-state index contributed by atoms with van der Waals surface area (Å²) in [4.78, 5) is 0. The van der Waals surface area contributed by atoms with Gasteiger partial charge in [-0.1, -0.05) is 64.7 Å². The SMILES string of the molecule is CCCCCCCCCCCCOS(=O)(=O)O.N.[Na]. The van der Waals surface area contributed by atoms with Gasteiger partial charge in [0.2, 0.25) is 0 Å². The smallest absolute Gasteiger partial charge is 0.344 e. The Morgan fingerprint density at radius 1 is 0.842 bits per heavy atom. The molecule has 1 radical (unpaired) electrons. The summed E-state index contributed by atoms with van der Waals surface area (Å²) < 4.78 is 33.0. The summed E-state index contributed by atoms with van der Waals surface area (Å²) in [6.45, 7) is 2.31. The fourth-order valence-corrected chi connectivity index (χ4v) is 2.08. The van der Waals surface area contributed by atoms with Crippen LogP contribution in [0.1, 0.15) is 71.1 Å². The third-order valence-electron chi connectivity index (χ3n) is 2.73. The Morgan fingerprint density at radius 2 is 1.21 bits per heavy atom. The van der Waals surface area contributed by atoms with Crippen LogP contribution in [-0.2, 0) is 14.6 Å². The average Bonchev–Trinajstić information content (AvgIpc) is 2.24. The number of rotatable bonds is 12. The molecular weight excluding hydrogens is 277 g/mol. The van der Waals surface area contributed by atoms with E-state index in [2.05, 4.69) is 11.1 Å². The Bertz CT molecular complexity index is 260. The molecule has 7 heteroatoms. The van der Waals surface area contributed by atoms with Crippen LogP contribution in [0.2, 0.25) is 0 Å². The molecule has 5 nitrogen and oxygen atoms in total. The van der Waals surface area contributed by atoms with Gasteiger partial charge in [0.25, 0.3) is 0 Å². The Morgan fingerprint density at radius 3 is 1.58 bits per heavy atom. The van der Waals surface area contributed by atoms with E-state index in [9.17, 15) is 8.42 Å². The van der Waals surface area contributed by atoms with E-state index < -0.39 is 10.4 Å². The summed E-state index contributed by atoms with van der Waals surface area (Å²) in [5.74, 6) is 0. The van der Waals surface area contributed by atoms with Crippen molar-refractivity contribution in [2.45, 2.75) is 71.1 Å². The number of unbranched alkanes of at least 4 members (excludes halogenated alkanes) is 9. The molecule has 113 valence electrons. The molecule has 0 aromatic heterocycles. The first-order valence-corrected chi connectivity index (χ1v) is 8.04. The second-order valence-electron chi connectivity index (χ2n) is 4.43. The second-order valence-corrected chi connectivity index (χ2v) is 5.52. The molecule has 0 amide bonds. The fourth-order valence-electron chi connectivity index (χ4n) is 1.75. The number of hydrogen-bond acceptors (Lipinski definition) is 4. The van der Waals surface area contributed by atoms with Gasteiger partial charge in [-0.05, 0) is 6.42 Å². The maximum Gasteiger partial charge on any atom is 0.397 e. The summed E-state index contributed by atoms with van der Waals surface area (Å²) in [5.41, 5.74) is 0. The van der Waals surface area contributed by atoms with Crippen LogP contribution in [0.5, 0.6) is 0 Å². The number of hydrogen-bond donors (Lipinski definition) is 2. The zero-order chi connectivity index (χ0) is 13.0. The summed E-state index contributed by atoms with van der Waals surface area (Å²) in [6.07, 6.45) is 11.9. The molecule has 0 aliphatic heterocycles. The van der Waals surface area contributed by atoms with E-state index >= 15 is 0 Å². The monoisotopic (exact) mass is 306 g/mol. The van der Waals surface area contributed by atoms with Crippen LogP contribution in [-0.4, -0.2) is 49.1 Å².